The van der Waals surface area contributed by atoms with E-state index in [-0.39, 0.29) is 43.5 Å². The number of alkyl halides is 3. The average Bonchev–Trinajstić information content (AvgIpc) is 3.21. The van der Waals surface area contributed by atoms with Gasteiger partial charge >= 0.3 is 6.18 Å². The van der Waals surface area contributed by atoms with E-state index in [0.717, 1.165) is 17.8 Å². The molecule has 0 radical (unpaired) electrons. The highest BCUT2D eigenvalue weighted by atomic mass is 32.2. The molecule has 3 heterocycles. The van der Waals surface area contributed by atoms with E-state index in [9.17, 15) is 32.4 Å². The molecule has 33 heavy (non-hydrogen) atoms. The number of rotatable bonds is 4. The summed E-state index contributed by atoms with van der Waals surface area (Å²) in [6.07, 6.45) is -3.99. The smallest absolute Gasteiger partial charge is 0.419 e. The molecule has 1 aromatic heterocycles. The number of hydrogen-bond acceptors (Lipinski definition) is 5. The van der Waals surface area contributed by atoms with Crippen LogP contribution in [0, 0.1) is 11.0 Å². The zero-order valence-electron chi connectivity index (χ0n) is 17.1. The Morgan fingerprint density at radius 1 is 1.21 bits per heavy atom. The topological polar surface area (TPSA) is 76.8 Å². The van der Waals surface area contributed by atoms with Crippen LogP contribution in [0.4, 0.5) is 17.6 Å². The Morgan fingerprint density at radius 3 is 2.70 bits per heavy atom. The first-order valence-corrected chi connectivity index (χ1v) is 11.0. The molecule has 2 saturated heterocycles. The lowest BCUT2D eigenvalue weighted by atomic mass is 10.1. The van der Waals surface area contributed by atoms with Crippen LogP contribution in [0.15, 0.2) is 47.6 Å². The Morgan fingerprint density at radius 2 is 2.00 bits per heavy atom. The number of morpholine rings is 1. The van der Waals surface area contributed by atoms with E-state index < -0.39 is 35.6 Å². The van der Waals surface area contributed by atoms with Crippen LogP contribution in [0.5, 0.6) is 0 Å². The maximum Gasteiger partial charge on any atom is 0.419 e. The molecule has 0 bridgehead atoms. The molecule has 2 aliphatic heterocycles. The van der Waals surface area contributed by atoms with Crippen molar-refractivity contribution in [2.24, 2.45) is 0 Å². The van der Waals surface area contributed by atoms with Crippen LogP contribution < -0.4 is 4.73 Å². The van der Waals surface area contributed by atoms with Crippen molar-refractivity contribution in [2.75, 3.05) is 32.0 Å². The molecule has 0 saturated carbocycles. The highest BCUT2D eigenvalue weighted by Gasteiger charge is 2.44. The van der Waals surface area contributed by atoms with Gasteiger partial charge in [-0.05, 0) is 36.0 Å². The van der Waals surface area contributed by atoms with Crippen molar-refractivity contribution in [3.05, 3.63) is 64.7 Å². The summed E-state index contributed by atoms with van der Waals surface area (Å²) >= 11 is 1.09. The second-order valence-electron chi connectivity index (χ2n) is 7.62. The largest absolute Gasteiger partial charge is 0.618 e. The number of halogens is 4. The molecule has 176 valence electrons. The minimum Gasteiger partial charge on any atom is -0.618 e. The van der Waals surface area contributed by atoms with Crippen LogP contribution in [0.2, 0.25) is 0 Å². The number of hydrogen-bond donors (Lipinski definition) is 0. The van der Waals surface area contributed by atoms with E-state index in [0.29, 0.717) is 21.9 Å². The monoisotopic (exact) mass is 485 g/mol. The van der Waals surface area contributed by atoms with Gasteiger partial charge in [0.1, 0.15) is 5.82 Å². The van der Waals surface area contributed by atoms with Crippen LogP contribution >= 0.6 is 11.8 Å². The zero-order valence-corrected chi connectivity index (χ0v) is 17.9. The van der Waals surface area contributed by atoms with Gasteiger partial charge in [-0.25, -0.2) is 4.39 Å². The summed E-state index contributed by atoms with van der Waals surface area (Å²) in [5, 5.41) is 12.1. The predicted molar refractivity (Wildman–Crippen MR) is 109 cm³/mol. The lowest BCUT2D eigenvalue weighted by molar-refractivity contribution is -0.645. The number of benzene rings is 1. The van der Waals surface area contributed by atoms with Gasteiger partial charge in [0.05, 0.1) is 30.1 Å². The minimum absolute atomic E-state index is 0.0176. The average molecular weight is 485 g/mol. The van der Waals surface area contributed by atoms with Gasteiger partial charge in [0, 0.05) is 37.3 Å². The molecule has 2 atom stereocenters. The van der Waals surface area contributed by atoms with Crippen molar-refractivity contribution >= 4 is 23.6 Å². The SMILES string of the molecule is O=C(CSc1cccc[n+]1[O-])N1C[C@@H]2OCCN(C(=O)c3ccc(C(F)(F)F)c(F)c3)[C@@H]2C1. The molecule has 4 rings (SSSR count). The minimum atomic E-state index is -4.86. The van der Waals surface area contributed by atoms with Gasteiger partial charge in [0.15, 0.2) is 6.20 Å². The first-order valence-electron chi connectivity index (χ1n) is 10.0. The predicted octanol–water partition coefficient (Wildman–Crippen LogP) is 2.32. The first-order chi connectivity index (χ1) is 15.6. The number of thioether (sulfide) groups is 1. The van der Waals surface area contributed by atoms with E-state index in [1.165, 1.54) is 16.0 Å². The van der Waals surface area contributed by atoms with Gasteiger partial charge in [-0.3, -0.25) is 9.59 Å². The summed E-state index contributed by atoms with van der Waals surface area (Å²) < 4.78 is 58.8. The molecular weight excluding hydrogens is 466 g/mol. The Bertz CT molecular complexity index is 1070. The Labute approximate surface area is 190 Å². The molecule has 2 fully saturated rings. The molecule has 0 N–H and O–H groups in total. The maximum atomic E-state index is 14.0. The summed E-state index contributed by atoms with van der Waals surface area (Å²) in [4.78, 5) is 28.6. The van der Waals surface area contributed by atoms with Crippen LogP contribution in [0.25, 0.3) is 0 Å². The lowest BCUT2D eigenvalue weighted by Crippen LogP contribution is -2.53. The second kappa shape index (κ2) is 9.18. The number of amides is 2. The number of aromatic nitrogens is 1. The van der Waals surface area contributed by atoms with E-state index >= 15 is 0 Å². The van der Waals surface area contributed by atoms with Crippen molar-refractivity contribution in [2.45, 2.75) is 23.3 Å². The van der Waals surface area contributed by atoms with Crippen molar-refractivity contribution in [3.63, 3.8) is 0 Å². The summed E-state index contributed by atoms with van der Waals surface area (Å²) in [5.74, 6) is -2.37. The van der Waals surface area contributed by atoms with Crippen LogP contribution in [-0.2, 0) is 15.7 Å². The summed E-state index contributed by atoms with van der Waals surface area (Å²) in [6, 6.07) is 6.44. The maximum absolute atomic E-state index is 14.0. The zero-order chi connectivity index (χ0) is 23.8. The molecule has 1 aromatic carbocycles. The number of fused-ring (bicyclic) bond motifs is 1. The van der Waals surface area contributed by atoms with Gasteiger partial charge < -0.3 is 19.7 Å². The van der Waals surface area contributed by atoms with Crippen molar-refractivity contribution in [3.8, 4) is 0 Å². The molecule has 0 spiro atoms. The van der Waals surface area contributed by atoms with Crippen LogP contribution in [-0.4, -0.2) is 65.8 Å². The molecule has 2 aliphatic rings. The number of carbonyl (C=O) groups excluding carboxylic acids is 2. The molecule has 2 amide bonds. The van der Waals surface area contributed by atoms with E-state index in [1.54, 1.807) is 18.2 Å². The van der Waals surface area contributed by atoms with Crippen molar-refractivity contribution < 1.29 is 36.6 Å². The number of pyridine rings is 1. The lowest BCUT2D eigenvalue weighted by Gasteiger charge is -2.36. The van der Waals surface area contributed by atoms with Crippen molar-refractivity contribution in [1.29, 1.82) is 0 Å². The molecule has 0 unspecified atom stereocenters. The van der Waals surface area contributed by atoms with E-state index in [1.807, 2.05) is 0 Å². The van der Waals surface area contributed by atoms with Gasteiger partial charge in [-0.15, -0.1) is 0 Å². The van der Waals surface area contributed by atoms with Crippen LogP contribution in [0.3, 0.4) is 0 Å². The van der Waals surface area contributed by atoms with E-state index in [2.05, 4.69) is 0 Å². The Hall–Kier alpha value is -2.86. The first kappa shape index (κ1) is 23.3. The molecular formula is C21H19F4N3O4S. The number of nitrogens with zero attached hydrogens (tertiary/aromatic N) is 3. The van der Waals surface area contributed by atoms with Gasteiger partial charge in [0.2, 0.25) is 5.91 Å². The molecule has 7 nitrogen and oxygen atoms in total. The summed E-state index contributed by atoms with van der Waals surface area (Å²) in [6.45, 7) is 0.763. The fraction of sp³-hybridized carbons (Fsp3) is 0.381. The van der Waals surface area contributed by atoms with Gasteiger partial charge in [-0.2, -0.15) is 17.9 Å². The highest BCUT2D eigenvalue weighted by Crippen LogP contribution is 2.32. The van der Waals surface area contributed by atoms with Crippen molar-refractivity contribution in [1.82, 2.24) is 9.80 Å². The van der Waals surface area contributed by atoms with Crippen LogP contribution in [0.1, 0.15) is 15.9 Å². The third kappa shape index (κ3) is 4.91. The molecule has 12 heteroatoms. The number of likely N-dealkylation sites (tertiary alicyclic amines) is 1. The van der Waals surface area contributed by atoms with Gasteiger partial charge in [-0.1, -0.05) is 0 Å². The fourth-order valence-electron chi connectivity index (χ4n) is 3.94. The van der Waals surface area contributed by atoms with Gasteiger partial charge in [0.25, 0.3) is 10.9 Å². The highest BCUT2D eigenvalue weighted by molar-refractivity contribution is 7.99. The quantitative estimate of drug-likeness (QED) is 0.288. The molecule has 0 aliphatic carbocycles. The standard InChI is InChI=1S/C21H19F4N3O4S/c22-15-9-13(4-5-14(15)21(23,24)25)20(30)27-7-8-32-17-11-26(10-16(17)27)18(29)12-33-19-3-1-2-6-28(19)31/h1-6,9,16-17H,7-8,10-12H2/t16-,17+/m1/s1. The summed E-state index contributed by atoms with van der Waals surface area (Å²) in [7, 11) is 0. The summed E-state index contributed by atoms with van der Waals surface area (Å²) in [5.41, 5.74) is -1.64. The number of carbonyl (C=O) groups is 2. The Balaban J connectivity index is 1.43. The Kier molecular flexibility index (Phi) is 6.48. The molecule has 2 aromatic rings. The van der Waals surface area contributed by atoms with E-state index in [4.69, 9.17) is 4.74 Å². The fourth-order valence-corrected chi connectivity index (χ4v) is 4.76. The second-order valence-corrected chi connectivity index (χ2v) is 8.62. The third-order valence-corrected chi connectivity index (χ3v) is 6.57. The third-order valence-electron chi connectivity index (χ3n) is 5.57. The normalized spacial score (nSPS) is 20.6. The number of ether oxygens (including phenoxy) is 1.